The summed E-state index contributed by atoms with van der Waals surface area (Å²) in [5.74, 6) is -1.05. The maximum absolute atomic E-state index is 12.1. The topological polar surface area (TPSA) is 72.5 Å². The summed E-state index contributed by atoms with van der Waals surface area (Å²) in [7, 11) is -1.31. The molecule has 0 aliphatic carbocycles. The van der Waals surface area contributed by atoms with Crippen molar-refractivity contribution in [2.75, 3.05) is 12.9 Å². The van der Waals surface area contributed by atoms with E-state index in [0.29, 0.717) is 11.4 Å². The fourth-order valence-corrected chi connectivity index (χ4v) is 2.88. The zero-order valence-electron chi connectivity index (χ0n) is 13.6. The Bertz CT molecular complexity index is 773. The van der Waals surface area contributed by atoms with Gasteiger partial charge in [-0.15, -0.1) is 0 Å². The van der Waals surface area contributed by atoms with Gasteiger partial charge in [-0.25, -0.2) is 4.79 Å². The third-order valence-electron chi connectivity index (χ3n) is 3.49. The molecule has 2 aromatic carbocycles. The molecule has 0 heterocycles. The van der Waals surface area contributed by atoms with Crippen LogP contribution in [-0.4, -0.2) is 28.9 Å². The van der Waals surface area contributed by atoms with Gasteiger partial charge in [-0.3, -0.25) is 9.00 Å². The van der Waals surface area contributed by atoms with Crippen LogP contribution in [-0.2, 0) is 26.9 Å². The van der Waals surface area contributed by atoms with Crippen LogP contribution in [0.4, 0.5) is 0 Å². The highest BCUT2D eigenvalue weighted by Crippen LogP contribution is 2.13. The summed E-state index contributed by atoms with van der Waals surface area (Å²) in [5, 5.41) is 2.71. The van der Waals surface area contributed by atoms with Crippen molar-refractivity contribution in [2.24, 2.45) is 0 Å². The number of esters is 1. The van der Waals surface area contributed by atoms with Crippen LogP contribution in [0.2, 0.25) is 0 Å². The highest BCUT2D eigenvalue weighted by Gasteiger charge is 2.16. The Hall–Kier alpha value is -2.47. The van der Waals surface area contributed by atoms with Gasteiger partial charge in [-0.2, -0.15) is 0 Å². The van der Waals surface area contributed by atoms with Gasteiger partial charge in [0.2, 0.25) is 0 Å². The highest BCUT2D eigenvalue weighted by atomic mass is 32.2. The van der Waals surface area contributed by atoms with Crippen molar-refractivity contribution in [3.05, 3.63) is 65.2 Å². The lowest BCUT2D eigenvalue weighted by atomic mass is 10.1. The number of amides is 1. The SMILES string of the molecule is Cc1ccccc1CNC(=O)COC(=O)c1ccccc1[S@](C)=O. The Morgan fingerprint density at radius 3 is 2.46 bits per heavy atom. The van der Waals surface area contributed by atoms with E-state index in [1.165, 1.54) is 12.3 Å². The molecule has 0 fully saturated rings. The maximum Gasteiger partial charge on any atom is 0.339 e. The number of benzene rings is 2. The summed E-state index contributed by atoms with van der Waals surface area (Å²) in [4.78, 5) is 24.3. The second-order valence-electron chi connectivity index (χ2n) is 5.23. The van der Waals surface area contributed by atoms with Crippen molar-refractivity contribution in [1.82, 2.24) is 5.32 Å². The number of ether oxygens (including phenoxy) is 1. The lowest BCUT2D eigenvalue weighted by Gasteiger charge is -2.09. The van der Waals surface area contributed by atoms with E-state index >= 15 is 0 Å². The molecule has 1 amide bonds. The predicted octanol–water partition coefficient (Wildman–Crippen LogP) is 2.21. The Morgan fingerprint density at radius 1 is 1.08 bits per heavy atom. The molecule has 6 heteroatoms. The van der Waals surface area contributed by atoms with E-state index < -0.39 is 16.8 Å². The first-order chi connectivity index (χ1) is 11.5. The predicted molar refractivity (Wildman–Crippen MR) is 92.1 cm³/mol. The first-order valence-corrected chi connectivity index (χ1v) is 8.95. The second-order valence-corrected chi connectivity index (χ2v) is 6.58. The van der Waals surface area contributed by atoms with Gasteiger partial charge in [0.15, 0.2) is 6.61 Å². The van der Waals surface area contributed by atoms with Gasteiger partial charge in [0.05, 0.1) is 21.3 Å². The molecule has 0 spiro atoms. The van der Waals surface area contributed by atoms with Crippen molar-refractivity contribution in [3.63, 3.8) is 0 Å². The van der Waals surface area contributed by atoms with E-state index in [2.05, 4.69) is 5.32 Å². The fourth-order valence-electron chi connectivity index (χ4n) is 2.15. The van der Waals surface area contributed by atoms with Crippen molar-refractivity contribution in [1.29, 1.82) is 0 Å². The van der Waals surface area contributed by atoms with E-state index in [-0.39, 0.29) is 18.1 Å². The van der Waals surface area contributed by atoms with Gasteiger partial charge in [0.25, 0.3) is 5.91 Å². The highest BCUT2D eigenvalue weighted by molar-refractivity contribution is 7.84. The van der Waals surface area contributed by atoms with Gasteiger partial charge >= 0.3 is 5.97 Å². The Labute approximate surface area is 143 Å². The summed E-state index contributed by atoms with van der Waals surface area (Å²) in [6.07, 6.45) is 1.49. The average Bonchev–Trinajstić information content (AvgIpc) is 2.59. The number of carbonyl (C=O) groups is 2. The third-order valence-corrected chi connectivity index (χ3v) is 4.46. The maximum atomic E-state index is 12.1. The van der Waals surface area contributed by atoms with Crippen molar-refractivity contribution < 1.29 is 18.5 Å². The molecule has 2 aromatic rings. The standard InChI is InChI=1S/C18H19NO4S/c1-13-7-3-4-8-14(13)11-19-17(20)12-23-18(21)15-9-5-6-10-16(15)24(2)22/h3-10H,11-12H2,1-2H3,(H,19,20)/t24-/m0/s1. The molecule has 24 heavy (non-hydrogen) atoms. The number of carbonyl (C=O) groups excluding carboxylic acids is 2. The van der Waals surface area contributed by atoms with Gasteiger partial charge in [-0.05, 0) is 30.2 Å². The van der Waals surface area contributed by atoms with Crippen molar-refractivity contribution in [3.8, 4) is 0 Å². The van der Waals surface area contributed by atoms with E-state index in [4.69, 9.17) is 4.74 Å². The molecule has 0 saturated heterocycles. The van der Waals surface area contributed by atoms with Crippen LogP contribution in [0.1, 0.15) is 21.5 Å². The summed E-state index contributed by atoms with van der Waals surface area (Å²) >= 11 is 0. The van der Waals surface area contributed by atoms with E-state index in [9.17, 15) is 13.8 Å². The monoisotopic (exact) mass is 345 g/mol. The zero-order chi connectivity index (χ0) is 17.5. The first-order valence-electron chi connectivity index (χ1n) is 7.40. The van der Waals surface area contributed by atoms with Gasteiger partial charge in [-0.1, -0.05) is 36.4 Å². The molecule has 0 aliphatic rings. The van der Waals surface area contributed by atoms with E-state index in [0.717, 1.165) is 11.1 Å². The Morgan fingerprint density at radius 2 is 1.75 bits per heavy atom. The number of rotatable bonds is 6. The minimum atomic E-state index is -1.31. The van der Waals surface area contributed by atoms with Crippen LogP contribution in [0.5, 0.6) is 0 Å². The fraction of sp³-hybridized carbons (Fsp3) is 0.222. The molecule has 0 aromatic heterocycles. The van der Waals surface area contributed by atoms with Gasteiger partial charge < -0.3 is 10.1 Å². The second kappa shape index (κ2) is 8.40. The van der Waals surface area contributed by atoms with E-state index in [1.807, 2.05) is 31.2 Å². The summed E-state index contributed by atoms with van der Waals surface area (Å²) < 4.78 is 16.6. The summed E-state index contributed by atoms with van der Waals surface area (Å²) in [6, 6.07) is 14.2. The molecule has 0 unspecified atom stereocenters. The quantitative estimate of drug-likeness (QED) is 0.815. The summed E-state index contributed by atoms with van der Waals surface area (Å²) in [6.45, 7) is 1.96. The molecule has 0 aliphatic heterocycles. The van der Waals surface area contributed by atoms with Crippen molar-refractivity contribution in [2.45, 2.75) is 18.4 Å². The number of hydrogen-bond acceptors (Lipinski definition) is 4. The minimum absolute atomic E-state index is 0.213. The van der Waals surface area contributed by atoms with Crippen LogP contribution >= 0.6 is 0 Å². The van der Waals surface area contributed by atoms with Crippen LogP contribution in [0.15, 0.2) is 53.4 Å². The molecule has 0 saturated carbocycles. The molecular formula is C18H19NO4S. The van der Waals surface area contributed by atoms with Crippen LogP contribution < -0.4 is 5.32 Å². The molecule has 1 atom stereocenters. The summed E-state index contributed by atoms with van der Waals surface area (Å²) in [5.41, 5.74) is 2.29. The number of nitrogens with one attached hydrogen (secondary N) is 1. The molecule has 2 rings (SSSR count). The Kier molecular flexibility index (Phi) is 6.26. The number of aryl methyl sites for hydroxylation is 1. The molecular weight excluding hydrogens is 326 g/mol. The average molecular weight is 345 g/mol. The normalized spacial score (nSPS) is 11.6. The largest absolute Gasteiger partial charge is 0.452 e. The first kappa shape index (κ1) is 17.9. The van der Waals surface area contributed by atoms with Gasteiger partial charge in [0, 0.05) is 12.8 Å². The van der Waals surface area contributed by atoms with Gasteiger partial charge in [0.1, 0.15) is 0 Å². The lowest BCUT2D eigenvalue weighted by molar-refractivity contribution is -0.124. The molecule has 5 nitrogen and oxygen atoms in total. The Balaban J connectivity index is 1.89. The van der Waals surface area contributed by atoms with Crippen LogP contribution in [0, 0.1) is 6.92 Å². The van der Waals surface area contributed by atoms with E-state index in [1.54, 1.807) is 18.2 Å². The zero-order valence-corrected chi connectivity index (χ0v) is 14.4. The third kappa shape index (κ3) is 4.76. The van der Waals surface area contributed by atoms with Crippen LogP contribution in [0.3, 0.4) is 0 Å². The molecule has 0 bridgehead atoms. The van der Waals surface area contributed by atoms with Crippen LogP contribution in [0.25, 0.3) is 0 Å². The minimum Gasteiger partial charge on any atom is -0.452 e. The molecule has 126 valence electrons. The molecule has 0 radical (unpaired) electrons. The molecule has 1 N–H and O–H groups in total. The smallest absolute Gasteiger partial charge is 0.339 e. The number of hydrogen-bond donors (Lipinski definition) is 1. The van der Waals surface area contributed by atoms with Crippen molar-refractivity contribution >= 4 is 22.7 Å². The lowest BCUT2D eigenvalue weighted by Crippen LogP contribution is -2.28.